The number of ether oxygens (including phenoxy) is 1. The third kappa shape index (κ3) is 3.84. The zero-order chi connectivity index (χ0) is 14.4. The number of carbonyl (C=O) groups excluding carboxylic acids is 1. The summed E-state index contributed by atoms with van der Waals surface area (Å²) < 4.78 is 5.27. The first kappa shape index (κ1) is 14.6. The van der Waals surface area contributed by atoms with E-state index in [4.69, 9.17) is 4.74 Å². The van der Waals surface area contributed by atoms with E-state index in [9.17, 15) is 4.79 Å². The summed E-state index contributed by atoms with van der Waals surface area (Å²) in [5.74, 6) is 0.961. The van der Waals surface area contributed by atoms with Crippen LogP contribution in [0.15, 0.2) is 30.9 Å². The quantitative estimate of drug-likeness (QED) is 0.832. The van der Waals surface area contributed by atoms with Gasteiger partial charge in [0.25, 0.3) is 0 Å². The lowest BCUT2D eigenvalue weighted by atomic mass is 10.0. The number of rotatable bonds is 5. The fraction of sp³-hybridized carbons (Fsp3) is 0.438. The molecule has 0 bridgehead atoms. The van der Waals surface area contributed by atoms with Crippen LogP contribution in [-0.2, 0) is 17.8 Å². The van der Waals surface area contributed by atoms with Crippen molar-refractivity contribution in [3.05, 3.63) is 42.0 Å². The number of amides is 1. The normalized spacial score (nSPS) is 15.1. The lowest BCUT2D eigenvalue weighted by Crippen LogP contribution is -2.37. The van der Waals surface area contributed by atoms with Gasteiger partial charge in [-0.25, -0.2) is 0 Å². The molecular formula is C16H22N2O2. The zero-order valence-electron chi connectivity index (χ0n) is 12.0. The summed E-state index contributed by atoms with van der Waals surface area (Å²) in [6.07, 6.45) is 3.80. The van der Waals surface area contributed by atoms with Crippen LogP contribution in [0, 0.1) is 0 Å². The van der Waals surface area contributed by atoms with Crippen molar-refractivity contribution in [3.63, 3.8) is 0 Å². The second-order valence-electron chi connectivity index (χ2n) is 5.04. The van der Waals surface area contributed by atoms with Crippen LogP contribution in [0.3, 0.4) is 0 Å². The number of hydrogen-bond donors (Lipinski definition) is 1. The average molecular weight is 274 g/mol. The van der Waals surface area contributed by atoms with Gasteiger partial charge >= 0.3 is 0 Å². The van der Waals surface area contributed by atoms with Gasteiger partial charge in [0.2, 0.25) is 5.91 Å². The van der Waals surface area contributed by atoms with Crippen molar-refractivity contribution in [1.82, 2.24) is 10.2 Å². The summed E-state index contributed by atoms with van der Waals surface area (Å²) in [5, 5.41) is 2.82. The van der Waals surface area contributed by atoms with E-state index in [0.29, 0.717) is 13.1 Å². The van der Waals surface area contributed by atoms with Crippen LogP contribution < -0.4 is 10.1 Å². The summed E-state index contributed by atoms with van der Waals surface area (Å²) in [4.78, 5) is 14.0. The Labute approximate surface area is 120 Å². The van der Waals surface area contributed by atoms with Gasteiger partial charge in [-0.05, 0) is 42.6 Å². The number of aryl methyl sites for hydroxylation is 1. The molecule has 0 atom stereocenters. The number of fused-ring (bicyclic) bond motifs is 1. The lowest BCUT2D eigenvalue weighted by molar-refractivity contribution is -0.122. The highest BCUT2D eigenvalue weighted by Crippen LogP contribution is 2.23. The number of nitrogens with zero attached hydrogens (tertiary/aromatic N) is 1. The van der Waals surface area contributed by atoms with Crippen LogP contribution in [-0.4, -0.2) is 37.6 Å². The summed E-state index contributed by atoms with van der Waals surface area (Å²) in [6.45, 7) is 6.34. The van der Waals surface area contributed by atoms with E-state index in [2.05, 4.69) is 28.9 Å². The average Bonchev–Trinajstić information content (AvgIpc) is 2.65. The third-order valence-corrected chi connectivity index (χ3v) is 3.54. The molecule has 0 saturated heterocycles. The van der Waals surface area contributed by atoms with E-state index in [1.54, 1.807) is 13.2 Å². The van der Waals surface area contributed by atoms with Gasteiger partial charge in [-0.1, -0.05) is 12.1 Å². The van der Waals surface area contributed by atoms with Crippen LogP contribution in [0.1, 0.15) is 17.5 Å². The zero-order valence-corrected chi connectivity index (χ0v) is 12.0. The Hall–Kier alpha value is -1.81. The molecule has 2 rings (SSSR count). The Morgan fingerprint density at radius 3 is 3.10 bits per heavy atom. The Balaban J connectivity index is 2.00. The van der Waals surface area contributed by atoms with Crippen LogP contribution in [0.2, 0.25) is 0 Å². The summed E-state index contributed by atoms with van der Waals surface area (Å²) in [7, 11) is 1.69. The first-order valence-electron chi connectivity index (χ1n) is 6.98. The molecule has 1 aromatic rings. The predicted octanol–water partition coefficient (Wildman–Crippen LogP) is 1.75. The molecule has 20 heavy (non-hydrogen) atoms. The van der Waals surface area contributed by atoms with E-state index < -0.39 is 0 Å². The second kappa shape index (κ2) is 7.10. The molecule has 1 aromatic carbocycles. The SMILES string of the molecule is C=CCNC(=O)CN1CCCc2cc(OC)ccc2C1. The molecule has 1 heterocycles. The van der Waals surface area contributed by atoms with Gasteiger partial charge in [0.15, 0.2) is 0 Å². The van der Waals surface area contributed by atoms with E-state index in [-0.39, 0.29) is 5.91 Å². The van der Waals surface area contributed by atoms with Crippen LogP contribution in [0.25, 0.3) is 0 Å². The number of methoxy groups -OCH3 is 1. The Bertz CT molecular complexity index is 485. The number of hydrogen-bond acceptors (Lipinski definition) is 3. The second-order valence-corrected chi connectivity index (χ2v) is 5.04. The molecule has 4 heteroatoms. The van der Waals surface area contributed by atoms with Crippen LogP contribution in [0.4, 0.5) is 0 Å². The van der Waals surface area contributed by atoms with Crippen molar-refractivity contribution in [2.24, 2.45) is 0 Å². The first-order valence-corrected chi connectivity index (χ1v) is 6.98. The van der Waals surface area contributed by atoms with Crippen LogP contribution >= 0.6 is 0 Å². The molecule has 0 radical (unpaired) electrons. The number of nitrogens with one attached hydrogen (secondary N) is 1. The predicted molar refractivity (Wildman–Crippen MR) is 79.8 cm³/mol. The Morgan fingerprint density at radius 1 is 1.50 bits per heavy atom. The van der Waals surface area contributed by atoms with Crippen molar-refractivity contribution >= 4 is 5.91 Å². The molecule has 0 aliphatic carbocycles. The van der Waals surface area contributed by atoms with Crippen molar-refractivity contribution < 1.29 is 9.53 Å². The minimum atomic E-state index is 0.0573. The molecule has 1 N–H and O–H groups in total. The molecule has 1 aliphatic heterocycles. The monoisotopic (exact) mass is 274 g/mol. The molecular weight excluding hydrogens is 252 g/mol. The fourth-order valence-corrected chi connectivity index (χ4v) is 2.51. The molecule has 0 saturated carbocycles. The maximum atomic E-state index is 11.8. The highest BCUT2D eigenvalue weighted by Gasteiger charge is 2.16. The standard InChI is InChI=1S/C16H22N2O2/c1-3-8-17-16(19)12-18-9-4-5-13-10-15(20-2)7-6-14(13)11-18/h3,6-7,10H,1,4-5,8-9,11-12H2,2H3,(H,17,19). The van der Waals surface area contributed by atoms with Crippen LogP contribution in [0.5, 0.6) is 5.75 Å². The van der Waals surface area contributed by atoms with Crippen molar-refractivity contribution in [2.75, 3.05) is 26.7 Å². The number of carbonyl (C=O) groups is 1. The molecule has 0 spiro atoms. The summed E-state index contributed by atoms with van der Waals surface area (Å²) in [5.41, 5.74) is 2.62. The van der Waals surface area contributed by atoms with Gasteiger partial charge in [0, 0.05) is 13.1 Å². The first-order chi connectivity index (χ1) is 9.72. The third-order valence-electron chi connectivity index (χ3n) is 3.54. The fourth-order valence-electron chi connectivity index (χ4n) is 2.51. The molecule has 0 aromatic heterocycles. The van der Waals surface area contributed by atoms with Gasteiger partial charge < -0.3 is 10.1 Å². The highest BCUT2D eigenvalue weighted by molar-refractivity contribution is 5.78. The topological polar surface area (TPSA) is 41.6 Å². The minimum absolute atomic E-state index is 0.0573. The van der Waals surface area contributed by atoms with E-state index >= 15 is 0 Å². The Kier molecular flexibility index (Phi) is 5.18. The molecule has 108 valence electrons. The van der Waals surface area contributed by atoms with Crippen molar-refractivity contribution in [2.45, 2.75) is 19.4 Å². The molecule has 1 amide bonds. The van der Waals surface area contributed by atoms with E-state index in [1.807, 2.05) is 6.07 Å². The molecule has 0 unspecified atom stereocenters. The number of benzene rings is 1. The van der Waals surface area contributed by atoms with Gasteiger partial charge in [-0.15, -0.1) is 6.58 Å². The van der Waals surface area contributed by atoms with Crippen molar-refractivity contribution in [1.29, 1.82) is 0 Å². The van der Waals surface area contributed by atoms with Gasteiger partial charge in [-0.2, -0.15) is 0 Å². The van der Waals surface area contributed by atoms with Gasteiger partial charge in [0.1, 0.15) is 5.75 Å². The van der Waals surface area contributed by atoms with Crippen molar-refractivity contribution in [3.8, 4) is 5.75 Å². The molecule has 1 aliphatic rings. The smallest absolute Gasteiger partial charge is 0.234 e. The van der Waals surface area contributed by atoms with Gasteiger partial charge in [-0.3, -0.25) is 9.69 Å². The van der Waals surface area contributed by atoms with E-state index in [1.165, 1.54) is 11.1 Å². The largest absolute Gasteiger partial charge is 0.497 e. The molecule has 4 nitrogen and oxygen atoms in total. The maximum absolute atomic E-state index is 11.8. The van der Waals surface area contributed by atoms with E-state index in [0.717, 1.165) is 31.7 Å². The lowest BCUT2D eigenvalue weighted by Gasteiger charge is -2.19. The summed E-state index contributed by atoms with van der Waals surface area (Å²) in [6, 6.07) is 6.20. The minimum Gasteiger partial charge on any atom is -0.497 e. The summed E-state index contributed by atoms with van der Waals surface area (Å²) >= 11 is 0. The van der Waals surface area contributed by atoms with Gasteiger partial charge in [0.05, 0.1) is 13.7 Å². The Morgan fingerprint density at radius 2 is 2.35 bits per heavy atom. The maximum Gasteiger partial charge on any atom is 0.234 e. The molecule has 0 fully saturated rings. The highest BCUT2D eigenvalue weighted by atomic mass is 16.5.